The van der Waals surface area contributed by atoms with E-state index in [1.54, 1.807) is 16.7 Å². The van der Waals surface area contributed by atoms with Crippen LogP contribution in [0.25, 0.3) is 0 Å². The number of carbonyl (C=O) groups excluding carboxylic acids is 1. The fraction of sp³-hybridized carbons (Fsp3) is 0.857. The van der Waals surface area contributed by atoms with Crippen molar-refractivity contribution in [1.82, 2.24) is 14.7 Å². The van der Waals surface area contributed by atoms with Gasteiger partial charge in [-0.15, -0.1) is 0 Å². The van der Waals surface area contributed by atoms with Gasteiger partial charge in [-0.25, -0.2) is 4.79 Å². The minimum absolute atomic E-state index is 0.0286. The summed E-state index contributed by atoms with van der Waals surface area (Å²) in [5.74, 6) is -0.881. The van der Waals surface area contributed by atoms with Gasteiger partial charge in [0.05, 0.1) is 6.42 Å². The van der Waals surface area contributed by atoms with Gasteiger partial charge in [0.25, 0.3) is 0 Å². The molecule has 0 rings (SSSR count). The highest BCUT2D eigenvalue weighted by atomic mass is 16.4. The van der Waals surface area contributed by atoms with Gasteiger partial charge >= 0.3 is 12.0 Å². The van der Waals surface area contributed by atoms with Gasteiger partial charge in [-0.3, -0.25) is 4.79 Å². The Morgan fingerprint density at radius 2 is 1.45 bits per heavy atom. The van der Waals surface area contributed by atoms with Gasteiger partial charge < -0.3 is 19.8 Å². The quantitative estimate of drug-likeness (QED) is 0.736. The van der Waals surface area contributed by atoms with Crippen LogP contribution < -0.4 is 0 Å². The topological polar surface area (TPSA) is 64.1 Å². The second-order valence-electron chi connectivity index (χ2n) is 5.41. The van der Waals surface area contributed by atoms with Crippen LogP contribution in [-0.4, -0.2) is 77.6 Å². The highest BCUT2D eigenvalue weighted by molar-refractivity contribution is 5.76. The number of carbonyl (C=O) groups is 2. The third-order valence-corrected chi connectivity index (χ3v) is 3.34. The summed E-state index contributed by atoms with van der Waals surface area (Å²) < 4.78 is 0. The second kappa shape index (κ2) is 8.79. The Morgan fingerprint density at radius 1 is 1.00 bits per heavy atom. The zero-order chi connectivity index (χ0) is 15.9. The SMILES string of the molecule is CCN(C(=O)N(CC)C(C)CN(C)C)C(C)CC(=O)O. The first-order valence-corrected chi connectivity index (χ1v) is 7.18. The highest BCUT2D eigenvalue weighted by Crippen LogP contribution is 2.11. The number of amides is 2. The maximum atomic E-state index is 12.6. The first-order valence-electron chi connectivity index (χ1n) is 7.18. The number of hydrogen-bond donors (Lipinski definition) is 1. The van der Waals surface area contributed by atoms with E-state index in [4.69, 9.17) is 5.11 Å². The van der Waals surface area contributed by atoms with Crippen molar-refractivity contribution in [2.45, 2.75) is 46.2 Å². The molecule has 0 aliphatic carbocycles. The predicted octanol–water partition coefficient (Wildman–Crippen LogP) is 1.56. The van der Waals surface area contributed by atoms with E-state index in [2.05, 4.69) is 0 Å². The number of carboxylic acid groups (broad SMARTS) is 1. The summed E-state index contributed by atoms with van der Waals surface area (Å²) in [6.07, 6.45) is -0.0286. The molecule has 0 spiro atoms. The van der Waals surface area contributed by atoms with E-state index in [0.29, 0.717) is 13.1 Å². The first kappa shape index (κ1) is 18.7. The van der Waals surface area contributed by atoms with Gasteiger partial charge in [-0.1, -0.05) is 0 Å². The Hall–Kier alpha value is -1.30. The largest absolute Gasteiger partial charge is 0.481 e. The van der Waals surface area contributed by atoms with Crippen LogP contribution in [0.3, 0.4) is 0 Å². The fourth-order valence-corrected chi connectivity index (χ4v) is 2.43. The van der Waals surface area contributed by atoms with Crippen molar-refractivity contribution in [2.75, 3.05) is 33.7 Å². The number of nitrogens with zero attached hydrogens (tertiary/aromatic N) is 3. The summed E-state index contributed by atoms with van der Waals surface area (Å²) in [7, 11) is 3.94. The summed E-state index contributed by atoms with van der Waals surface area (Å²) in [6.45, 7) is 9.52. The number of aliphatic carboxylic acids is 1. The molecule has 0 saturated carbocycles. The molecule has 0 aliphatic heterocycles. The molecular formula is C14H29N3O3. The molecule has 0 aromatic heterocycles. The van der Waals surface area contributed by atoms with E-state index < -0.39 is 5.97 Å². The third-order valence-electron chi connectivity index (χ3n) is 3.34. The lowest BCUT2D eigenvalue weighted by Crippen LogP contribution is -2.52. The lowest BCUT2D eigenvalue weighted by Gasteiger charge is -2.37. The molecule has 0 fully saturated rings. The number of carboxylic acids is 1. The normalized spacial score (nSPS) is 13.9. The van der Waals surface area contributed by atoms with Gasteiger partial charge in [0.2, 0.25) is 0 Å². The zero-order valence-electron chi connectivity index (χ0n) is 13.6. The maximum absolute atomic E-state index is 12.6. The summed E-state index contributed by atoms with van der Waals surface area (Å²) in [6, 6.07) is -0.294. The van der Waals surface area contributed by atoms with Crippen LogP contribution in [0.1, 0.15) is 34.1 Å². The molecule has 0 aromatic rings. The van der Waals surface area contributed by atoms with Crippen molar-refractivity contribution in [2.24, 2.45) is 0 Å². The monoisotopic (exact) mass is 287 g/mol. The molecule has 6 heteroatoms. The molecule has 0 aliphatic rings. The Labute approximate surface area is 122 Å². The van der Waals surface area contributed by atoms with Crippen LogP contribution in [0, 0.1) is 0 Å². The first-order chi connectivity index (χ1) is 9.24. The van der Waals surface area contributed by atoms with Crippen molar-refractivity contribution >= 4 is 12.0 Å². The smallest absolute Gasteiger partial charge is 0.320 e. The molecule has 0 bridgehead atoms. The van der Waals surface area contributed by atoms with Gasteiger partial charge in [-0.2, -0.15) is 0 Å². The minimum Gasteiger partial charge on any atom is -0.481 e. The molecule has 0 saturated heterocycles. The zero-order valence-corrected chi connectivity index (χ0v) is 13.6. The van der Waals surface area contributed by atoms with Gasteiger partial charge in [0.15, 0.2) is 0 Å². The van der Waals surface area contributed by atoms with E-state index >= 15 is 0 Å². The molecule has 2 amide bonds. The number of urea groups is 1. The van der Waals surface area contributed by atoms with Gasteiger partial charge in [0.1, 0.15) is 0 Å². The molecular weight excluding hydrogens is 258 g/mol. The molecule has 118 valence electrons. The van der Waals surface area contributed by atoms with Crippen molar-refractivity contribution < 1.29 is 14.7 Å². The van der Waals surface area contributed by atoms with Crippen LogP contribution in [0.2, 0.25) is 0 Å². The van der Waals surface area contributed by atoms with Crippen LogP contribution in [0.4, 0.5) is 4.79 Å². The van der Waals surface area contributed by atoms with E-state index in [1.165, 1.54) is 0 Å². The molecule has 0 radical (unpaired) electrons. The maximum Gasteiger partial charge on any atom is 0.320 e. The lowest BCUT2D eigenvalue weighted by atomic mass is 10.2. The average Bonchev–Trinajstić information content (AvgIpc) is 2.28. The van der Waals surface area contributed by atoms with Gasteiger partial charge in [-0.05, 0) is 41.8 Å². The predicted molar refractivity (Wildman–Crippen MR) is 79.9 cm³/mol. The number of hydrogen-bond acceptors (Lipinski definition) is 3. The molecule has 2 atom stereocenters. The Morgan fingerprint density at radius 3 is 1.80 bits per heavy atom. The number of rotatable bonds is 8. The van der Waals surface area contributed by atoms with Crippen LogP contribution in [0.15, 0.2) is 0 Å². The van der Waals surface area contributed by atoms with Gasteiger partial charge in [0, 0.05) is 31.7 Å². The third kappa shape index (κ3) is 5.77. The average molecular weight is 287 g/mol. The molecule has 0 heterocycles. The number of likely N-dealkylation sites (N-methyl/N-ethyl adjacent to an activating group) is 2. The Balaban J connectivity index is 4.89. The molecule has 0 aromatic carbocycles. The van der Waals surface area contributed by atoms with E-state index in [0.717, 1.165) is 6.54 Å². The molecule has 1 N–H and O–H groups in total. The lowest BCUT2D eigenvalue weighted by molar-refractivity contribution is -0.138. The second-order valence-corrected chi connectivity index (χ2v) is 5.41. The fourth-order valence-electron chi connectivity index (χ4n) is 2.43. The van der Waals surface area contributed by atoms with E-state index in [9.17, 15) is 9.59 Å². The minimum atomic E-state index is -0.881. The van der Waals surface area contributed by atoms with Crippen molar-refractivity contribution in [1.29, 1.82) is 0 Å². The van der Waals surface area contributed by atoms with E-state index in [1.807, 2.05) is 39.8 Å². The van der Waals surface area contributed by atoms with Crippen LogP contribution >= 0.6 is 0 Å². The molecule has 20 heavy (non-hydrogen) atoms. The van der Waals surface area contributed by atoms with Crippen LogP contribution in [-0.2, 0) is 4.79 Å². The van der Waals surface area contributed by atoms with Crippen molar-refractivity contribution in [3.8, 4) is 0 Å². The summed E-state index contributed by atoms with van der Waals surface area (Å²) in [5.41, 5.74) is 0. The summed E-state index contributed by atoms with van der Waals surface area (Å²) >= 11 is 0. The highest BCUT2D eigenvalue weighted by Gasteiger charge is 2.27. The van der Waals surface area contributed by atoms with Crippen LogP contribution in [0.5, 0.6) is 0 Å². The summed E-state index contributed by atoms with van der Waals surface area (Å²) in [5, 5.41) is 8.88. The van der Waals surface area contributed by atoms with Crippen molar-refractivity contribution in [3.63, 3.8) is 0 Å². The molecule has 2 unspecified atom stereocenters. The Bertz CT molecular complexity index is 321. The standard InChI is InChI=1S/C14H29N3O3/c1-7-16(11(3)9-13(18)19)14(20)17(8-2)12(4)10-15(5)6/h11-12H,7-10H2,1-6H3,(H,18,19). The van der Waals surface area contributed by atoms with Crippen molar-refractivity contribution in [3.05, 3.63) is 0 Å². The molecule has 6 nitrogen and oxygen atoms in total. The van der Waals surface area contributed by atoms with E-state index in [-0.39, 0.29) is 24.5 Å². The summed E-state index contributed by atoms with van der Waals surface area (Å²) in [4.78, 5) is 28.9. The Kier molecular flexibility index (Phi) is 8.22.